The van der Waals surface area contributed by atoms with Crippen molar-refractivity contribution in [3.05, 3.63) is 28.2 Å². The normalized spacial score (nSPS) is 16.9. The predicted molar refractivity (Wildman–Crippen MR) is 82.1 cm³/mol. The minimum Gasteiger partial charge on any atom is -0.396 e. The molecule has 1 saturated heterocycles. The molecule has 3 nitrogen and oxygen atoms in total. The van der Waals surface area contributed by atoms with E-state index >= 15 is 0 Å². The van der Waals surface area contributed by atoms with Gasteiger partial charge >= 0.3 is 0 Å². The lowest BCUT2D eigenvalue weighted by atomic mass is 9.97. The summed E-state index contributed by atoms with van der Waals surface area (Å²) in [5.41, 5.74) is 7.67. The Balaban J connectivity index is 2.12. The van der Waals surface area contributed by atoms with E-state index in [1.807, 2.05) is 12.1 Å². The van der Waals surface area contributed by atoms with Crippen LogP contribution in [0.1, 0.15) is 18.4 Å². The summed E-state index contributed by atoms with van der Waals surface area (Å²) in [7, 11) is 0. The Hall–Kier alpha value is -0.650. The van der Waals surface area contributed by atoms with Crippen molar-refractivity contribution in [2.24, 2.45) is 11.7 Å². The van der Waals surface area contributed by atoms with E-state index in [2.05, 4.69) is 26.9 Å². The highest BCUT2D eigenvalue weighted by Crippen LogP contribution is 2.30. The summed E-state index contributed by atoms with van der Waals surface area (Å²) in [5, 5.41) is 9.14. The molecule has 0 bridgehead atoms. The molecule has 0 unspecified atom stereocenters. The van der Waals surface area contributed by atoms with E-state index in [1.54, 1.807) is 0 Å². The topological polar surface area (TPSA) is 49.5 Å². The zero-order valence-corrected chi connectivity index (χ0v) is 12.5. The Morgan fingerprint density at radius 3 is 2.61 bits per heavy atom. The van der Waals surface area contributed by atoms with Gasteiger partial charge in [-0.15, -0.1) is 0 Å². The van der Waals surface area contributed by atoms with Crippen molar-refractivity contribution in [2.75, 3.05) is 24.6 Å². The van der Waals surface area contributed by atoms with Gasteiger partial charge in [0.05, 0.1) is 5.69 Å². The molecule has 98 valence electrons. The van der Waals surface area contributed by atoms with Crippen LogP contribution in [0.3, 0.4) is 0 Å². The van der Waals surface area contributed by atoms with E-state index in [1.165, 1.54) is 5.69 Å². The van der Waals surface area contributed by atoms with Crippen molar-refractivity contribution in [1.82, 2.24) is 0 Å². The lowest BCUT2D eigenvalue weighted by Gasteiger charge is -2.33. The van der Waals surface area contributed by atoms with Crippen LogP contribution in [-0.4, -0.2) is 29.8 Å². The van der Waals surface area contributed by atoms with E-state index in [0.717, 1.165) is 36.0 Å². The predicted octanol–water partition coefficient (Wildman–Crippen LogP) is 2.29. The maximum Gasteiger partial charge on any atom is 0.104 e. The molecule has 0 aromatic heterocycles. The van der Waals surface area contributed by atoms with Crippen molar-refractivity contribution in [3.8, 4) is 0 Å². The van der Waals surface area contributed by atoms with E-state index < -0.39 is 0 Å². The number of thiocarbonyl (C=S) groups is 1. The van der Waals surface area contributed by atoms with E-state index in [-0.39, 0.29) is 0 Å². The van der Waals surface area contributed by atoms with Crippen LogP contribution in [0.15, 0.2) is 22.7 Å². The molecule has 1 aromatic carbocycles. The van der Waals surface area contributed by atoms with Crippen LogP contribution in [0, 0.1) is 5.92 Å². The molecule has 0 radical (unpaired) electrons. The number of hydrogen-bond acceptors (Lipinski definition) is 3. The van der Waals surface area contributed by atoms with Gasteiger partial charge in [0.1, 0.15) is 4.99 Å². The third-order valence-electron chi connectivity index (χ3n) is 3.45. The van der Waals surface area contributed by atoms with Crippen LogP contribution in [0.25, 0.3) is 0 Å². The number of aliphatic hydroxyl groups excluding tert-OH is 1. The molecule has 1 fully saturated rings. The standard InChI is InChI=1S/C13H17BrN2OS/c14-11-7-10(13(15)18)1-2-12(11)16-5-3-9(8-17)4-6-16/h1-2,7,9,17H,3-6,8H2,(H2,15,18). The Bertz CT molecular complexity index is 445. The molecular weight excluding hydrogens is 312 g/mol. The van der Waals surface area contributed by atoms with Gasteiger partial charge in [0, 0.05) is 29.7 Å². The summed E-state index contributed by atoms with van der Waals surface area (Å²) in [6.45, 7) is 2.27. The van der Waals surface area contributed by atoms with E-state index in [4.69, 9.17) is 23.1 Å². The zero-order chi connectivity index (χ0) is 13.1. The lowest BCUT2D eigenvalue weighted by Crippen LogP contribution is -2.35. The number of nitrogens with two attached hydrogens (primary N) is 1. The Labute approximate surface area is 121 Å². The SMILES string of the molecule is NC(=S)c1ccc(N2CCC(CO)CC2)c(Br)c1. The Morgan fingerprint density at radius 1 is 1.44 bits per heavy atom. The zero-order valence-electron chi connectivity index (χ0n) is 10.1. The quantitative estimate of drug-likeness (QED) is 0.836. The first-order chi connectivity index (χ1) is 8.61. The van der Waals surface area contributed by atoms with Crippen molar-refractivity contribution < 1.29 is 5.11 Å². The summed E-state index contributed by atoms with van der Waals surface area (Å²) in [6, 6.07) is 5.98. The first kappa shape index (κ1) is 13.8. The summed E-state index contributed by atoms with van der Waals surface area (Å²) in [6.07, 6.45) is 2.08. The molecular formula is C13H17BrN2OS. The minimum atomic E-state index is 0.301. The second-order valence-electron chi connectivity index (χ2n) is 4.64. The Morgan fingerprint density at radius 2 is 2.11 bits per heavy atom. The number of halogens is 1. The second kappa shape index (κ2) is 5.99. The minimum absolute atomic E-state index is 0.301. The molecule has 0 saturated carbocycles. The molecule has 3 N–H and O–H groups in total. The maximum absolute atomic E-state index is 9.14. The molecule has 0 spiro atoms. The van der Waals surface area contributed by atoms with Crippen molar-refractivity contribution in [1.29, 1.82) is 0 Å². The largest absolute Gasteiger partial charge is 0.396 e. The molecule has 2 rings (SSSR count). The summed E-state index contributed by atoms with van der Waals surface area (Å²) >= 11 is 8.55. The number of rotatable bonds is 3. The fourth-order valence-electron chi connectivity index (χ4n) is 2.27. The van der Waals surface area contributed by atoms with Crippen LogP contribution >= 0.6 is 28.1 Å². The van der Waals surface area contributed by atoms with Gasteiger partial charge in [0.25, 0.3) is 0 Å². The van der Waals surface area contributed by atoms with Gasteiger partial charge in [-0.3, -0.25) is 0 Å². The maximum atomic E-state index is 9.14. The monoisotopic (exact) mass is 328 g/mol. The van der Waals surface area contributed by atoms with E-state index in [9.17, 15) is 0 Å². The number of aliphatic hydroxyl groups is 1. The molecule has 0 atom stereocenters. The molecule has 1 aliphatic rings. The third-order valence-corrected chi connectivity index (χ3v) is 4.32. The number of nitrogens with zero attached hydrogens (tertiary/aromatic N) is 1. The Kier molecular flexibility index (Phi) is 4.59. The molecule has 1 aromatic rings. The summed E-state index contributed by atoms with van der Waals surface area (Å²) in [5.74, 6) is 0.455. The third kappa shape index (κ3) is 3.02. The van der Waals surface area contributed by atoms with E-state index in [0.29, 0.717) is 17.5 Å². The average molecular weight is 329 g/mol. The smallest absolute Gasteiger partial charge is 0.104 e. The van der Waals surface area contributed by atoms with Gasteiger partial charge in [-0.25, -0.2) is 0 Å². The fourth-order valence-corrected chi connectivity index (χ4v) is 3.03. The molecule has 18 heavy (non-hydrogen) atoms. The number of benzene rings is 1. The highest BCUT2D eigenvalue weighted by molar-refractivity contribution is 9.10. The molecule has 0 aliphatic carbocycles. The highest BCUT2D eigenvalue weighted by Gasteiger charge is 2.20. The van der Waals surface area contributed by atoms with Gasteiger partial charge in [-0.05, 0) is 52.9 Å². The first-order valence-electron chi connectivity index (χ1n) is 6.07. The van der Waals surface area contributed by atoms with Gasteiger partial charge in [-0.2, -0.15) is 0 Å². The number of hydrogen-bond donors (Lipinski definition) is 2. The average Bonchev–Trinajstić information content (AvgIpc) is 2.38. The second-order valence-corrected chi connectivity index (χ2v) is 5.94. The number of anilines is 1. The lowest BCUT2D eigenvalue weighted by molar-refractivity contribution is 0.203. The van der Waals surface area contributed by atoms with Gasteiger partial charge in [0.15, 0.2) is 0 Å². The number of piperidine rings is 1. The van der Waals surface area contributed by atoms with Crippen LogP contribution < -0.4 is 10.6 Å². The van der Waals surface area contributed by atoms with Crippen molar-refractivity contribution in [3.63, 3.8) is 0 Å². The van der Waals surface area contributed by atoms with Crippen molar-refractivity contribution >= 4 is 38.8 Å². The molecule has 0 amide bonds. The summed E-state index contributed by atoms with van der Waals surface area (Å²) < 4.78 is 1.02. The highest BCUT2D eigenvalue weighted by atomic mass is 79.9. The van der Waals surface area contributed by atoms with Crippen molar-refractivity contribution in [2.45, 2.75) is 12.8 Å². The van der Waals surface area contributed by atoms with Crippen LogP contribution in [0.2, 0.25) is 0 Å². The summed E-state index contributed by atoms with van der Waals surface area (Å²) in [4.78, 5) is 2.75. The fraction of sp³-hybridized carbons (Fsp3) is 0.462. The molecule has 1 aliphatic heterocycles. The molecule has 1 heterocycles. The first-order valence-corrected chi connectivity index (χ1v) is 7.27. The van der Waals surface area contributed by atoms with Gasteiger partial charge < -0.3 is 15.7 Å². The van der Waals surface area contributed by atoms with Crippen LogP contribution in [0.5, 0.6) is 0 Å². The molecule has 5 heteroatoms. The van der Waals surface area contributed by atoms with Gasteiger partial charge in [0.2, 0.25) is 0 Å². The van der Waals surface area contributed by atoms with Crippen LogP contribution in [0.4, 0.5) is 5.69 Å². The van der Waals surface area contributed by atoms with Gasteiger partial charge in [-0.1, -0.05) is 12.2 Å². The van der Waals surface area contributed by atoms with Crippen LogP contribution in [-0.2, 0) is 0 Å².